The molecule has 90 valence electrons. The maximum absolute atomic E-state index is 10.1. The standard InChI is InChI=1S/C14H28O/c1-13(2)9-8-11-14(3)10-6-4-5-7-12-15/h12-14H,4-11H2,1-3H3. The molecule has 0 heterocycles. The highest BCUT2D eigenvalue weighted by Crippen LogP contribution is 2.18. The molecule has 0 aromatic carbocycles. The van der Waals surface area contributed by atoms with Crippen LogP contribution in [0, 0.1) is 11.8 Å². The van der Waals surface area contributed by atoms with E-state index in [9.17, 15) is 4.79 Å². The van der Waals surface area contributed by atoms with Crippen LogP contribution in [0.4, 0.5) is 0 Å². The van der Waals surface area contributed by atoms with E-state index in [0.717, 1.165) is 31.0 Å². The number of carbonyl (C=O) groups is 1. The summed E-state index contributed by atoms with van der Waals surface area (Å²) in [6.07, 6.45) is 10.9. The first-order valence-corrected chi connectivity index (χ1v) is 6.60. The van der Waals surface area contributed by atoms with Crippen molar-refractivity contribution in [2.24, 2.45) is 11.8 Å². The molecule has 0 saturated carbocycles. The lowest BCUT2D eigenvalue weighted by atomic mass is 9.95. The Kier molecular flexibility index (Phi) is 9.97. The molecule has 0 amide bonds. The van der Waals surface area contributed by atoms with Gasteiger partial charge in [-0.3, -0.25) is 0 Å². The Bertz CT molecular complexity index is 140. The van der Waals surface area contributed by atoms with Crippen molar-refractivity contribution in [3.8, 4) is 0 Å². The van der Waals surface area contributed by atoms with Crippen LogP contribution in [-0.4, -0.2) is 6.29 Å². The van der Waals surface area contributed by atoms with E-state index in [4.69, 9.17) is 0 Å². The highest BCUT2D eigenvalue weighted by atomic mass is 16.1. The van der Waals surface area contributed by atoms with Crippen molar-refractivity contribution in [2.75, 3.05) is 0 Å². The van der Waals surface area contributed by atoms with Gasteiger partial charge in [-0.15, -0.1) is 0 Å². The van der Waals surface area contributed by atoms with Crippen molar-refractivity contribution in [1.29, 1.82) is 0 Å². The van der Waals surface area contributed by atoms with E-state index in [1.54, 1.807) is 0 Å². The van der Waals surface area contributed by atoms with Crippen LogP contribution in [0.3, 0.4) is 0 Å². The summed E-state index contributed by atoms with van der Waals surface area (Å²) in [5, 5.41) is 0. The maximum Gasteiger partial charge on any atom is 0.119 e. The van der Waals surface area contributed by atoms with Crippen LogP contribution < -0.4 is 0 Å². The summed E-state index contributed by atoms with van der Waals surface area (Å²) < 4.78 is 0. The first kappa shape index (κ1) is 14.7. The molecule has 1 unspecified atom stereocenters. The number of aldehydes is 1. The quantitative estimate of drug-likeness (QED) is 0.382. The van der Waals surface area contributed by atoms with E-state index < -0.39 is 0 Å². The summed E-state index contributed by atoms with van der Waals surface area (Å²) >= 11 is 0. The second-order valence-corrected chi connectivity index (χ2v) is 5.23. The molecule has 0 aromatic rings. The highest BCUT2D eigenvalue weighted by molar-refractivity contribution is 5.48. The monoisotopic (exact) mass is 212 g/mol. The molecular formula is C14H28O. The van der Waals surface area contributed by atoms with Crippen molar-refractivity contribution in [2.45, 2.75) is 72.1 Å². The third kappa shape index (κ3) is 11.6. The van der Waals surface area contributed by atoms with Gasteiger partial charge in [-0.1, -0.05) is 59.3 Å². The second kappa shape index (κ2) is 10.2. The fraction of sp³-hybridized carbons (Fsp3) is 0.929. The Morgan fingerprint density at radius 1 is 0.867 bits per heavy atom. The van der Waals surface area contributed by atoms with Crippen LogP contribution in [0.1, 0.15) is 72.1 Å². The lowest BCUT2D eigenvalue weighted by Gasteiger charge is -2.11. The number of hydrogen-bond donors (Lipinski definition) is 0. The van der Waals surface area contributed by atoms with Gasteiger partial charge in [0, 0.05) is 6.42 Å². The molecule has 0 aliphatic heterocycles. The largest absolute Gasteiger partial charge is 0.303 e. The van der Waals surface area contributed by atoms with E-state index in [0.29, 0.717) is 0 Å². The van der Waals surface area contributed by atoms with E-state index in [1.807, 2.05) is 0 Å². The molecule has 15 heavy (non-hydrogen) atoms. The molecule has 0 fully saturated rings. The van der Waals surface area contributed by atoms with Crippen LogP contribution in [0.5, 0.6) is 0 Å². The fourth-order valence-corrected chi connectivity index (χ4v) is 1.92. The van der Waals surface area contributed by atoms with Crippen LogP contribution in [0.2, 0.25) is 0 Å². The van der Waals surface area contributed by atoms with Crippen molar-refractivity contribution >= 4 is 6.29 Å². The summed E-state index contributed by atoms with van der Waals surface area (Å²) in [4.78, 5) is 10.1. The zero-order valence-corrected chi connectivity index (χ0v) is 10.8. The zero-order chi connectivity index (χ0) is 11.5. The number of unbranched alkanes of at least 4 members (excludes halogenated alkanes) is 3. The van der Waals surface area contributed by atoms with Gasteiger partial charge in [0.05, 0.1) is 0 Å². The van der Waals surface area contributed by atoms with E-state index in [-0.39, 0.29) is 0 Å². The van der Waals surface area contributed by atoms with Gasteiger partial charge in [-0.25, -0.2) is 0 Å². The van der Waals surface area contributed by atoms with Crippen LogP contribution >= 0.6 is 0 Å². The Labute approximate surface area is 95.6 Å². The Balaban J connectivity index is 3.18. The van der Waals surface area contributed by atoms with E-state index in [2.05, 4.69) is 20.8 Å². The molecule has 0 saturated heterocycles. The molecule has 0 aromatic heterocycles. The molecule has 1 nitrogen and oxygen atoms in total. The molecule has 0 aliphatic rings. The Morgan fingerprint density at radius 3 is 2.13 bits per heavy atom. The molecule has 0 radical (unpaired) electrons. The third-order valence-electron chi connectivity index (χ3n) is 3.00. The molecule has 0 aliphatic carbocycles. The van der Waals surface area contributed by atoms with Crippen LogP contribution in [0.15, 0.2) is 0 Å². The number of rotatable bonds is 10. The van der Waals surface area contributed by atoms with Gasteiger partial charge in [-0.2, -0.15) is 0 Å². The SMILES string of the molecule is CC(C)CCCC(C)CCCCCC=O. The minimum Gasteiger partial charge on any atom is -0.303 e. The third-order valence-corrected chi connectivity index (χ3v) is 3.00. The number of carbonyl (C=O) groups excluding carboxylic acids is 1. The van der Waals surface area contributed by atoms with Gasteiger partial charge in [0.1, 0.15) is 6.29 Å². The normalized spacial score (nSPS) is 13.1. The maximum atomic E-state index is 10.1. The molecule has 0 N–H and O–H groups in total. The predicted octanol–water partition coefficient (Wildman–Crippen LogP) is 4.60. The summed E-state index contributed by atoms with van der Waals surface area (Å²) in [5.41, 5.74) is 0. The van der Waals surface area contributed by atoms with Gasteiger partial charge in [-0.05, 0) is 18.3 Å². The zero-order valence-electron chi connectivity index (χ0n) is 10.8. The van der Waals surface area contributed by atoms with Gasteiger partial charge < -0.3 is 4.79 Å². The molecular weight excluding hydrogens is 184 g/mol. The molecule has 1 heteroatoms. The summed E-state index contributed by atoms with van der Waals surface area (Å²) in [7, 11) is 0. The average Bonchev–Trinajstić information content (AvgIpc) is 2.17. The lowest BCUT2D eigenvalue weighted by Crippen LogP contribution is -1.96. The van der Waals surface area contributed by atoms with Crippen molar-refractivity contribution in [1.82, 2.24) is 0 Å². The number of hydrogen-bond acceptors (Lipinski definition) is 1. The summed E-state index contributed by atoms with van der Waals surface area (Å²) in [5.74, 6) is 1.73. The molecule has 0 bridgehead atoms. The Morgan fingerprint density at radius 2 is 1.53 bits per heavy atom. The van der Waals surface area contributed by atoms with Crippen LogP contribution in [-0.2, 0) is 4.79 Å². The molecule has 1 atom stereocenters. The first-order valence-electron chi connectivity index (χ1n) is 6.60. The first-order chi connectivity index (χ1) is 7.16. The second-order valence-electron chi connectivity index (χ2n) is 5.23. The van der Waals surface area contributed by atoms with E-state index in [1.165, 1.54) is 38.5 Å². The predicted molar refractivity (Wildman–Crippen MR) is 67.0 cm³/mol. The van der Waals surface area contributed by atoms with Gasteiger partial charge >= 0.3 is 0 Å². The minimum atomic E-state index is 0.752. The average molecular weight is 212 g/mol. The van der Waals surface area contributed by atoms with Crippen molar-refractivity contribution < 1.29 is 4.79 Å². The Hall–Kier alpha value is -0.330. The highest BCUT2D eigenvalue weighted by Gasteiger charge is 2.02. The van der Waals surface area contributed by atoms with Gasteiger partial charge in [0.25, 0.3) is 0 Å². The van der Waals surface area contributed by atoms with Crippen molar-refractivity contribution in [3.05, 3.63) is 0 Å². The van der Waals surface area contributed by atoms with Gasteiger partial charge in [0.15, 0.2) is 0 Å². The van der Waals surface area contributed by atoms with Crippen LogP contribution in [0.25, 0.3) is 0 Å². The minimum absolute atomic E-state index is 0.752. The smallest absolute Gasteiger partial charge is 0.119 e. The topological polar surface area (TPSA) is 17.1 Å². The lowest BCUT2D eigenvalue weighted by molar-refractivity contribution is -0.107. The fourth-order valence-electron chi connectivity index (χ4n) is 1.92. The molecule has 0 rings (SSSR count). The molecule has 0 spiro atoms. The summed E-state index contributed by atoms with van der Waals surface area (Å²) in [6.45, 7) is 6.95. The van der Waals surface area contributed by atoms with Crippen molar-refractivity contribution in [3.63, 3.8) is 0 Å². The van der Waals surface area contributed by atoms with E-state index >= 15 is 0 Å². The van der Waals surface area contributed by atoms with Gasteiger partial charge in [0.2, 0.25) is 0 Å². The summed E-state index contributed by atoms with van der Waals surface area (Å²) in [6, 6.07) is 0.